The molecule has 0 aliphatic carbocycles. The number of H-pyrrole nitrogens is 1. The SMILES string of the molecule is CC.Nc1cccc(-c2ccc(-c3nc(SCC(=O)O)n[nH]3)o2)c1. The van der Waals surface area contributed by atoms with Gasteiger partial charge in [0.05, 0.1) is 5.75 Å². The second kappa shape index (κ2) is 8.21. The Morgan fingerprint density at radius 1 is 1.29 bits per heavy atom. The van der Waals surface area contributed by atoms with Gasteiger partial charge in [0, 0.05) is 11.3 Å². The Bertz CT molecular complexity index is 813. The predicted octanol–water partition coefficient (Wildman–Crippen LogP) is 3.52. The van der Waals surface area contributed by atoms with Crippen LogP contribution >= 0.6 is 11.8 Å². The number of anilines is 1. The number of nitrogens with zero attached hydrogens (tertiary/aromatic N) is 2. The van der Waals surface area contributed by atoms with Crippen LogP contribution in [0.2, 0.25) is 0 Å². The number of nitrogen functional groups attached to an aromatic ring is 1. The first-order chi connectivity index (χ1) is 11.6. The molecule has 3 rings (SSSR count). The number of nitrogens with two attached hydrogens (primary N) is 1. The number of carboxylic acids is 1. The first-order valence-corrected chi connectivity index (χ1v) is 8.33. The standard InChI is InChI=1S/C14H12N4O3S.C2H6/c15-9-3-1-2-8(6-9)10-4-5-11(21-10)13-16-14(18-17-13)22-7-12(19)20;1-2/h1-6H,7,15H2,(H,19,20)(H,16,17,18);1-2H3. The van der Waals surface area contributed by atoms with Gasteiger partial charge in [0.15, 0.2) is 11.6 Å². The number of carboxylic acid groups (broad SMARTS) is 1. The molecule has 7 nitrogen and oxygen atoms in total. The van der Waals surface area contributed by atoms with E-state index in [-0.39, 0.29) is 5.75 Å². The van der Waals surface area contributed by atoms with Gasteiger partial charge in [0.1, 0.15) is 5.76 Å². The van der Waals surface area contributed by atoms with Crippen LogP contribution < -0.4 is 5.73 Å². The van der Waals surface area contributed by atoms with Gasteiger partial charge in [0.25, 0.3) is 0 Å². The summed E-state index contributed by atoms with van der Waals surface area (Å²) >= 11 is 1.04. The molecule has 0 saturated carbocycles. The molecule has 126 valence electrons. The smallest absolute Gasteiger partial charge is 0.313 e. The van der Waals surface area contributed by atoms with E-state index in [1.807, 2.05) is 38.1 Å². The third-order valence-corrected chi connectivity index (χ3v) is 3.63. The molecule has 4 N–H and O–H groups in total. The minimum absolute atomic E-state index is 0.0933. The van der Waals surface area contributed by atoms with E-state index in [0.29, 0.717) is 28.2 Å². The average molecular weight is 346 g/mol. The fraction of sp³-hybridized carbons (Fsp3) is 0.188. The summed E-state index contributed by atoms with van der Waals surface area (Å²) in [5.41, 5.74) is 7.28. The molecule has 0 spiro atoms. The summed E-state index contributed by atoms with van der Waals surface area (Å²) in [5.74, 6) is 0.621. The van der Waals surface area contributed by atoms with E-state index in [2.05, 4.69) is 15.2 Å². The van der Waals surface area contributed by atoms with Gasteiger partial charge in [0.2, 0.25) is 5.16 Å². The molecule has 2 heterocycles. The zero-order valence-corrected chi connectivity index (χ0v) is 14.1. The highest BCUT2D eigenvalue weighted by Gasteiger charge is 2.12. The monoisotopic (exact) mass is 346 g/mol. The van der Waals surface area contributed by atoms with Crippen molar-refractivity contribution in [2.75, 3.05) is 11.5 Å². The molecule has 0 aliphatic rings. The number of hydrogen-bond acceptors (Lipinski definition) is 6. The molecule has 24 heavy (non-hydrogen) atoms. The van der Waals surface area contributed by atoms with Crippen molar-refractivity contribution in [3.05, 3.63) is 36.4 Å². The summed E-state index contributed by atoms with van der Waals surface area (Å²) in [6, 6.07) is 10.9. The normalized spacial score (nSPS) is 10.1. The fourth-order valence-electron chi connectivity index (χ4n) is 1.86. The zero-order chi connectivity index (χ0) is 17.5. The van der Waals surface area contributed by atoms with E-state index < -0.39 is 5.97 Å². The Kier molecular flexibility index (Phi) is 6.02. The minimum atomic E-state index is -0.918. The highest BCUT2D eigenvalue weighted by molar-refractivity contribution is 7.99. The maximum atomic E-state index is 10.5. The van der Waals surface area contributed by atoms with Crippen molar-refractivity contribution in [3.63, 3.8) is 0 Å². The number of aliphatic carboxylic acids is 1. The molecule has 2 aromatic heterocycles. The van der Waals surface area contributed by atoms with Gasteiger partial charge in [-0.2, -0.15) is 4.98 Å². The highest BCUT2D eigenvalue weighted by atomic mass is 32.2. The van der Waals surface area contributed by atoms with Crippen molar-refractivity contribution >= 4 is 23.4 Å². The van der Waals surface area contributed by atoms with E-state index in [1.54, 1.807) is 12.1 Å². The second-order valence-corrected chi connectivity index (χ2v) is 5.38. The van der Waals surface area contributed by atoms with E-state index in [1.165, 1.54) is 0 Å². The van der Waals surface area contributed by atoms with Gasteiger partial charge in [-0.25, -0.2) is 0 Å². The van der Waals surface area contributed by atoms with Gasteiger partial charge in [-0.3, -0.25) is 9.89 Å². The Morgan fingerprint density at radius 3 is 2.75 bits per heavy atom. The molecular weight excluding hydrogens is 328 g/mol. The Labute approximate surface area is 143 Å². The number of hydrogen-bond donors (Lipinski definition) is 3. The molecule has 0 atom stereocenters. The molecule has 3 aromatic rings. The highest BCUT2D eigenvalue weighted by Crippen LogP contribution is 2.28. The van der Waals surface area contributed by atoms with Crippen LogP contribution in [0.4, 0.5) is 5.69 Å². The summed E-state index contributed by atoms with van der Waals surface area (Å²) in [4.78, 5) is 14.7. The lowest BCUT2D eigenvalue weighted by Crippen LogP contribution is -1.97. The van der Waals surface area contributed by atoms with Gasteiger partial charge < -0.3 is 15.3 Å². The minimum Gasteiger partial charge on any atom is -0.481 e. The van der Waals surface area contributed by atoms with Crippen LogP contribution in [0.3, 0.4) is 0 Å². The molecule has 0 saturated heterocycles. The largest absolute Gasteiger partial charge is 0.481 e. The van der Waals surface area contributed by atoms with Gasteiger partial charge >= 0.3 is 5.97 Å². The molecule has 0 bridgehead atoms. The molecule has 0 unspecified atom stereocenters. The number of carbonyl (C=O) groups is 1. The lowest BCUT2D eigenvalue weighted by molar-refractivity contribution is -0.133. The quantitative estimate of drug-likeness (QED) is 0.478. The zero-order valence-electron chi connectivity index (χ0n) is 13.3. The first-order valence-electron chi connectivity index (χ1n) is 7.35. The van der Waals surface area contributed by atoms with Gasteiger partial charge in [-0.05, 0) is 24.3 Å². The van der Waals surface area contributed by atoms with E-state index >= 15 is 0 Å². The lowest BCUT2D eigenvalue weighted by Gasteiger charge is -1.98. The van der Waals surface area contributed by atoms with Crippen LogP contribution in [-0.4, -0.2) is 32.0 Å². The molecule has 0 fully saturated rings. The number of nitrogens with one attached hydrogen (secondary N) is 1. The summed E-state index contributed by atoms with van der Waals surface area (Å²) < 4.78 is 5.73. The first kappa shape index (κ1) is 17.6. The van der Waals surface area contributed by atoms with Crippen LogP contribution in [0.5, 0.6) is 0 Å². The number of aromatic amines is 1. The summed E-state index contributed by atoms with van der Waals surface area (Å²) in [6.45, 7) is 4.00. The predicted molar refractivity (Wildman–Crippen MR) is 93.6 cm³/mol. The number of benzene rings is 1. The van der Waals surface area contributed by atoms with Crippen LogP contribution in [0.1, 0.15) is 13.8 Å². The maximum absolute atomic E-state index is 10.5. The number of aromatic nitrogens is 3. The van der Waals surface area contributed by atoms with Crippen LogP contribution in [-0.2, 0) is 4.79 Å². The molecule has 0 amide bonds. The van der Waals surface area contributed by atoms with Crippen molar-refractivity contribution in [2.24, 2.45) is 0 Å². The summed E-state index contributed by atoms with van der Waals surface area (Å²) in [5, 5.41) is 15.7. The van der Waals surface area contributed by atoms with Crippen molar-refractivity contribution in [1.82, 2.24) is 15.2 Å². The van der Waals surface area contributed by atoms with Crippen molar-refractivity contribution < 1.29 is 14.3 Å². The Balaban J connectivity index is 0.00000100. The number of thioether (sulfide) groups is 1. The molecule has 1 aromatic carbocycles. The molecule has 0 aliphatic heterocycles. The second-order valence-electron chi connectivity index (χ2n) is 4.44. The van der Waals surface area contributed by atoms with Crippen molar-refractivity contribution in [3.8, 4) is 22.9 Å². The molecular formula is C16H18N4O3S. The van der Waals surface area contributed by atoms with Crippen LogP contribution in [0.15, 0.2) is 46.0 Å². The Morgan fingerprint density at radius 2 is 2.04 bits per heavy atom. The van der Waals surface area contributed by atoms with Gasteiger partial charge in [-0.15, -0.1) is 5.10 Å². The molecule has 0 radical (unpaired) electrons. The topological polar surface area (TPSA) is 118 Å². The third-order valence-electron chi connectivity index (χ3n) is 2.80. The van der Waals surface area contributed by atoms with E-state index in [4.69, 9.17) is 15.3 Å². The fourth-order valence-corrected chi connectivity index (χ4v) is 2.38. The summed E-state index contributed by atoms with van der Waals surface area (Å²) in [6.07, 6.45) is 0. The van der Waals surface area contributed by atoms with E-state index in [9.17, 15) is 4.79 Å². The third kappa shape index (κ3) is 4.39. The lowest BCUT2D eigenvalue weighted by atomic mass is 10.1. The van der Waals surface area contributed by atoms with Crippen LogP contribution in [0, 0.1) is 0 Å². The maximum Gasteiger partial charge on any atom is 0.313 e. The average Bonchev–Trinajstić information content (AvgIpc) is 3.24. The van der Waals surface area contributed by atoms with Crippen molar-refractivity contribution in [2.45, 2.75) is 19.0 Å². The Hall–Kier alpha value is -2.74. The summed E-state index contributed by atoms with van der Waals surface area (Å²) in [7, 11) is 0. The van der Waals surface area contributed by atoms with E-state index in [0.717, 1.165) is 17.3 Å². The van der Waals surface area contributed by atoms with Gasteiger partial charge in [-0.1, -0.05) is 37.7 Å². The number of rotatable bonds is 5. The van der Waals surface area contributed by atoms with Crippen molar-refractivity contribution in [1.29, 1.82) is 0 Å². The van der Waals surface area contributed by atoms with Crippen LogP contribution in [0.25, 0.3) is 22.9 Å². The molecule has 8 heteroatoms. The number of furan rings is 1.